The molecule has 0 bridgehead atoms. The molecule has 1 aromatic carbocycles. The Morgan fingerprint density at radius 2 is 1.81 bits per heavy atom. The van der Waals surface area contributed by atoms with Crippen molar-refractivity contribution in [3.63, 3.8) is 0 Å². The average molecular weight is 275 g/mol. The molecular weight excluding hydrogens is 268 g/mol. The molecule has 3 nitrogen and oxygen atoms in total. The van der Waals surface area contributed by atoms with Crippen molar-refractivity contribution in [2.45, 2.75) is 0 Å². The summed E-state index contributed by atoms with van der Waals surface area (Å²) in [6.45, 7) is 0. The third-order valence-electron chi connectivity index (χ3n) is 2.64. The molecule has 0 saturated carbocycles. The van der Waals surface area contributed by atoms with E-state index in [0.717, 1.165) is 10.0 Å². The minimum absolute atomic E-state index is 0.0128. The smallest absolute Gasteiger partial charge is 0.195 e. The van der Waals surface area contributed by atoms with Crippen molar-refractivity contribution in [3.8, 4) is 11.3 Å². The number of fused-ring (bicyclic) bond motifs is 3. The Kier molecular flexibility index (Phi) is 1.88. The maximum Gasteiger partial charge on any atom is 0.195 e. The number of pyridine rings is 1. The molecule has 0 amide bonds. The number of hydrogen-bond acceptors (Lipinski definition) is 3. The van der Waals surface area contributed by atoms with Gasteiger partial charge in [-0.25, -0.2) is 4.98 Å². The highest BCUT2D eigenvalue weighted by atomic mass is 79.9. The highest BCUT2D eigenvalue weighted by Crippen LogP contribution is 2.36. The molecule has 1 aliphatic carbocycles. The molecule has 0 atom stereocenters. The lowest BCUT2D eigenvalue weighted by atomic mass is 10.1. The summed E-state index contributed by atoms with van der Waals surface area (Å²) < 4.78 is 0.889. The number of halogens is 1. The second kappa shape index (κ2) is 3.15. The first-order valence-electron chi connectivity index (χ1n) is 4.78. The topological polar surface area (TPSA) is 56.0 Å². The predicted molar refractivity (Wildman–Crippen MR) is 65.2 cm³/mol. The van der Waals surface area contributed by atoms with Crippen LogP contribution in [0.3, 0.4) is 0 Å². The number of anilines is 1. The van der Waals surface area contributed by atoms with Crippen molar-refractivity contribution in [1.82, 2.24) is 4.98 Å². The number of carbonyl (C=O) groups is 1. The highest BCUT2D eigenvalue weighted by molar-refractivity contribution is 9.10. The largest absolute Gasteiger partial charge is 0.384 e. The Morgan fingerprint density at radius 3 is 2.62 bits per heavy atom. The van der Waals surface area contributed by atoms with Gasteiger partial charge in [-0.15, -0.1) is 0 Å². The van der Waals surface area contributed by atoms with Crippen LogP contribution in [-0.2, 0) is 0 Å². The maximum atomic E-state index is 12.0. The van der Waals surface area contributed by atoms with E-state index >= 15 is 0 Å². The number of nitrogen functional groups attached to an aromatic ring is 1. The number of benzene rings is 1. The standard InChI is InChI=1S/C12H7BrN2O/c13-6-1-2-7-9(5-6)12(16)8-3-4-10(14)15-11(7)8/h1-5H,(H2,14,15). The van der Waals surface area contributed by atoms with E-state index in [1.807, 2.05) is 18.2 Å². The Bertz CT molecular complexity index is 622. The molecule has 0 saturated heterocycles. The normalized spacial score (nSPS) is 12.4. The summed E-state index contributed by atoms with van der Waals surface area (Å²) >= 11 is 3.35. The Balaban J connectivity index is 2.36. The number of rotatable bonds is 0. The summed E-state index contributed by atoms with van der Waals surface area (Å²) in [5, 5.41) is 0. The Labute approximate surface area is 100 Å². The van der Waals surface area contributed by atoms with Gasteiger partial charge in [0.05, 0.1) is 5.69 Å². The van der Waals surface area contributed by atoms with Crippen LogP contribution >= 0.6 is 15.9 Å². The van der Waals surface area contributed by atoms with Crippen LogP contribution in [0, 0.1) is 0 Å². The minimum Gasteiger partial charge on any atom is -0.384 e. The van der Waals surface area contributed by atoms with E-state index < -0.39 is 0 Å². The monoisotopic (exact) mass is 274 g/mol. The van der Waals surface area contributed by atoms with E-state index in [-0.39, 0.29) is 5.78 Å². The van der Waals surface area contributed by atoms with Gasteiger partial charge in [0.25, 0.3) is 0 Å². The molecule has 78 valence electrons. The molecule has 0 fully saturated rings. The van der Waals surface area contributed by atoms with Gasteiger partial charge in [-0.05, 0) is 24.3 Å². The minimum atomic E-state index is 0.0128. The van der Waals surface area contributed by atoms with E-state index in [0.29, 0.717) is 22.6 Å². The second-order valence-electron chi connectivity index (χ2n) is 3.65. The maximum absolute atomic E-state index is 12.0. The van der Waals surface area contributed by atoms with E-state index in [9.17, 15) is 4.79 Å². The molecule has 4 heteroatoms. The molecule has 1 heterocycles. The van der Waals surface area contributed by atoms with Crippen LogP contribution < -0.4 is 5.73 Å². The van der Waals surface area contributed by atoms with E-state index in [1.165, 1.54) is 0 Å². The van der Waals surface area contributed by atoms with Crippen LogP contribution in [0.2, 0.25) is 0 Å². The molecule has 0 aliphatic heterocycles. The van der Waals surface area contributed by atoms with Gasteiger partial charge in [0.1, 0.15) is 5.82 Å². The third kappa shape index (κ3) is 1.20. The van der Waals surface area contributed by atoms with Crippen LogP contribution in [0.15, 0.2) is 34.8 Å². The predicted octanol–water partition coefficient (Wildman–Crippen LogP) is 2.64. The third-order valence-corrected chi connectivity index (χ3v) is 3.14. The first-order valence-corrected chi connectivity index (χ1v) is 5.57. The van der Waals surface area contributed by atoms with Crippen molar-refractivity contribution in [2.75, 3.05) is 5.73 Å². The summed E-state index contributed by atoms with van der Waals surface area (Å²) in [5.41, 5.74) is 8.49. The van der Waals surface area contributed by atoms with Crippen LogP contribution in [0.4, 0.5) is 5.82 Å². The van der Waals surface area contributed by atoms with E-state index in [2.05, 4.69) is 20.9 Å². The summed E-state index contributed by atoms with van der Waals surface area (Å²) in [6, 6.07) is 8.97. The molecule has 16 heavy (non-hydrogen) atoms. The molecule has 0 radical (unpaired) electrons. The fraction of sp³-hybridized carbons (Fsp3) is 0. The molecular formula is C12H7BrN2O. The van der Waals surface area contributed by atoms with Gasteiger partial charge >= 0.3 is 0 Å². The van der Waals surface area contributed by atoms with Crippen molar-refractivity contribution in [3.05, 3.63) is 45.9 Å². The molecule has 1 aliphatic rings. The average Bonchev–Trinajstić information content (AvgIpc) is 2.52. The van der Waals surface area contributed by atoms with Gasteiger partial charge in [-0.1, -0.05) is 22.0 Å². The zero-order valence-corrected chi connectivity index (χ0v) is 9.78. The van der Waals surface area contributed by atoms with Crippen LogP contribution in [-0.4, -0.2) is 10.8 Å². The lowest BCUT2D eigenvalue weighted by Gasteiger charge is -1.99. The molecule has 1 aromatic heterocycles. The van der Waals surface area contributed by atoms with Crippen LogP contribution in [0.5, 0.6) is 0 Å². The second-order valence-corrected chi connectivity index (χ2v) is 4.57. The number of hydrogen-bond donors (Lipinski definition) is 1. The van der Waals surface area contributed by atoms with E-state index in [4.69, 9.17) is 5.73 Å². The quantitative estimate of drug-likeness (QED) is 0.686. The number of carbonyl (C=O) groups excluding carboxylic acids is 1. The summed E-state index contributed by atoms with van der Waals surface area (Å²) in [5.74, 6) is 0.445. The van der Waals surface area contributed by atoms with Gasteiger partial charge in [0, 0.05) is 21.2 Å². The van der Waals surface area contributed by atoms with Gasteiger partial charge in [0.15, 0.2) is 5.78 Å². The van der Waals surface area contributed by atoms with Crippen molar-refractivity contribution in [1.29, 1.82) is 0 Å². The van der Waals surface area contributed by atoms with E-state index in [1.54, 1.807) is 12.1 Å². The first kappa shape index (κ1) is 9.54. The first-order chi connectivity index (χ1) is 7.66. The van der Waals surface area contributed by atoms with Gasteiger partial charge in [0.2, 0.25) is 0 Å². The Hall–Kier alpha value is -1.68. The fourth-order valence-corrected chi connectivity index (χ4v) is 2.28. The van der Waals surface area contributed by atoms with Crippen molar-refractivity contribution < 1.29 is 4.79 Å². The fourth-order valence-electron chi connectivity index (χ4n) is 1.92. The Morgan fingerprint density at radius 1 is 1.06 bits per heavy atom. The lowest BCUT2D eigenvalue weighted by molar-refractivity contribution is 0.104. The molecule has 3 rings (SSSR count). The summed E-state index contributed by atoms with van der Waals surface area (Å²) in [7, 11) is 0. The van der Waals surface area contributed by atoms with Gasteiger partial charge < -0.3 is 5.73 Å². The summed E-state index contributed by atoms with van der Waals surface area (Å²) in [6.07, 6.45) is 0. The molecule has 0 spiro atoms. The zero-order chi connectivity index (χ0) is 11.3. The highest BCUT2D eigenvalue weighted by Gasteiger charge is 2.27. The molecule has 2 aromatic rings. The number of ketones is 1. The van der Waals surface area contributed by atoms with Crippen molar-refractivity contribution in [2.24, 2.45) is 0 Å². The molecule has 0 unspecified atom stereocenters. The van der Waals surface area contributed by atoms with Gasteiger partial charge in [-0.3, -0.25) is 4.79 Å². The molecule has 2 N–H and O–H groups in total. The zero-order valence-electron chi connectivity index (χ0n) is 8.20. The van der Waals surface area contributed by atoms with Crippen molar-refractivity contribution >= 4 is 27.5 Å². The SMILES string of the molecule is Nc1ccc2c(n1)-c1ccc(Br)cc1C2=O. The van der Waals surface area contributed by atoms with Gasteiger partial charge in [-0.2, -0.15) is 0 Å². The van der Waals surface area contributed by atoms with Crippen LogP contribution in [0.1, 0.15) is 15.9 Å². The number of nitrogens with zero attached hydrogens (tertiary/aromatic N) is 1. The van der Waals surface area contributed by atoms with Crippen LogP contribution in [0.25, 0.3) is 11.3 Å². The number of nitrogens with two attached hydrogens (primary N) is 1. The lowest BCUT2D eigenvalue weighted by Crippen LogP contribution is -1.97. The number of aromatic nitrogens is 1. The summed E-state index contributed by atoms with van der Waals surface area (Å²) in [4.78, 5) is 16.3.